The molecule has 0 heterocycles. The van der Waals surface area contributed by atoms with Crippen molar-refractivity contribution >= 4 is 11.9 Å². The molecular formula is C35H73Cu2N5O5-4. The Balaban J connectivity index is -0.000000164. The summed E-state index contributed by atoms with van der Waals surface area (Å²) in [7, 11) is 0. The molecule has 47 heavy (non-hydrogen) atoms. The number of hydrogen-bond acceptors (Lipinski definition) is 4. The van der Waals surface area contributed by atoms with Crippen LogP contribution in [0.5, 0.6) is 0 Å². The Morgan fingerprint density at radius 2 is 0.979 bits per heavy atom. The van der Waals surface area contributed by atoms with Gasteiger partial charge in [0.25, 0.3) is 11.9 Å². The molecule has 0 aliphatic heterocycles. The molecule has 0 amide bonds. The maximum atomic E-state index is 9.00. The minimum absolute atomic E-state index is 0. The normalized spacial score (nSPS) is 17.7. The second kappa shape index (κ2) is 45.7. The van der Waals surface area contributed by atoms with E-state index in [0.717, 1.165) is 52.5 Å². The van der Waals surface area contributed by atoms with Crippen molar-refractivity contribution in [2.75, 3.05) is 32.7 Å². The fourth-order valence-electron chi connectivity index (χ4n) is 5.70. The van der Waals surface area contributed by atoms with Gasteiger partial charge in [0.1, 0.15) is 0 Å². The van der Waals surface area contributed by atoms with Crippen LogP contribution >= 0.6 is 0 Å². The number of carboxylic acid groups (broad SMARTS) is 2. The molecule has 0 spiro atoms. The van der Waals surface area contributed by atoms with E-state index < -0.39 is 11.9 Å². The summed E-state index contributed by atoms with van der Waals surface area (Å²) >= 11 is 0. The fourth-order valence-corrected chi connectivity index (χ4v) is 5.70. The van der Waals surface area contributed by atoms with Gasteiger partial charge in [0.15, 0.2) is 0 Å². The maximum Gasteiger partial charge on any atom is 0.300 e. The SMILES string of the molecule is CC(=O)O.CC(=O)O.NCCNC1CCCCCCC1.O.[CH2-]CC[N-]C1CCCCCCC1.[Cu].[Cu].[NH-]CC[N-]C1CCCCCCC1. The van der Waals surface area contributed by atoms with Gasteiger partial charge in [-0.25, -0.2) is 6.42 Å². The molecule has 8 N–H and O–H groups in total. The average molecular weight is 771 g/mol. The largest absolute Gasteiger partial charge is 0.679 e. The van der Waals surface area contributed by atoms with Gasteiger partial charge in [-0.1, -0.05) is 122 Å². The van der Waals surface area contributed by atoms with Crippen molar-refractivity contribution in [3.05, 3.63) is 23.3 Å². The van der Waals surface area contributed by atoms with Crippen molar-refractivity contribution in [2.45, 2.75) is 173 Å². The van der Waals surface area contributed by atoms with Crippen LogP contribution in [0.25, 0.3) is 16.4 Å². The first kappa shape index (κ1) is 56.1. The topological polar surface area (TPSA) is 196 Å². The van der Waals surface area contributed by atoms with Gasteiger partial charge < -0.3 is 50.0 Å². The molecule has 0 unspecified atom stereocenters. The smallest absolute Gasteiger partial charge is 0.300 e. The van der Waals surface area contributed by atoms with E-state index in [-0.39, 0.29) is 39.6 Å². The zero-order valence-electron chi connectivity index (χ0n) is 29.8. The van der Waals surface area contributed by atoms with E-state index in [1.54, 1.807) is 0 Å². The van der Waals surface area contributed by atoms with Crippen LogP contribution in [0.3, 0.4) is 0 Å². The quantitative estimate of drug-likeness (QED) is 0.135. The summed E-state index contributed by atoms with van der Waals surface area (Å²) in [5.41, 5.74) is 12.5. The third-order valence-corrected chi connectivity index (χ3v) is 7.88. The van der Waals surface area contributed by atoms with Crippen LogP contribution in [0.15, 0.2) is 0 Å². The van der Waals surface area contributed by atoms with Gasteiger partial charge in [0, 0.05) is 67.1 Å². The Bertz CT molecular complexity index is 513. The van der Waals surface area contributed by atoms with E-state index in [9.17, 15) is 0 Å². The van der Waals surface area contributed by atoms with Gasteiger partial charge in [0.05, 0.1) is 0 Å². The first-order chi connectivity index (χ1) is 21.3. The molecule has 12 heteroatoms. The number of nitrogens with zero attached hydrogens (tertiary/aromatic N) is 2. The molecule has 0 atom stereocenters. The number of rotatable bonds is 9. The number of aliphatic carboxylic acids is 2. The number of carboxylic acids is 2. The van der Waals surface area contributed by atoms with Crippen molar-refractivity contribution in [3.63, 3.8) is 0 Å². The van der Waals surface area contributed by atoms with E-state index in [1.807, 2.05) is 0 Å². The van der Waals surface area contributed by atoms with E-state index in [4.69, 9.17) is 31.3 Å². The molecule has 0 aromatic carbocycles. The number of hydrogen-bond donors (Lipinski definition) is 4. The molecule has 0 aromatic rings. The Morgan fingerprint density at radius 1 is 0.681 bits per heavy atom. The molecular weight excluding hydrogens is 698 g/mol. The maximum absolute atomic E-state index is 9.00. The summed E-state index contributed by atoms with van der Waals surface area (Å²) in [4.78, 5) is 18.0. The van der Waals surface area contributed by atoms with Crippen molar-refractivity contribution in [3.8, 4) is 0 Å². The van der Waals surface area contributed by atoms with Crippen molar-refractivity contribution in [1.82, 2.24) is 5.32 Å². The summed E-state index contributed by atoms with van der Waals surface area (Å²) in [6.07, 6.45) is 30.0. The van der Waals surface area contributed by atoms with Gasteiger partial charge in [-0.3, -0.25) is 9.59 Å². The fraction of sp³-hybridized carbons (Fsp3) is 0.914. The minimum Gasteiger partial charge on any atom is -0.679 e. The monoisotopic (exact) mass is 769 g/mol. The van der Waals surface area contributed by atoms with Gasteiger partial charge in [-0.2, -0.15) is 19.6 Å². The second-order valence-corrected chi connectivity index (χ2v) is 12.2. The summed E-state index contributed by atoms with van der Waals surface area (Å²) in [6, 6.07) is 2.02. The summed E-state index contributed by atoms with van der Waals surface area (Å²) in [5.74, 6) is -1.67. The van der Waals surface area contributed by atoms with Crippen LogP contribution in [0.2, 0.25) is 0 Å². The second-order valence-electron chi connectivity index (χ2n) is 12.2. The van der Waals surface area contributed by atoms with Crippen LogP contribution in [0.4, 0.5) is 0 Å². The third-order valence-electron chi connectivity index (χ3n) is 7.88. The number of carbonyl (C=O) groups is 2. The zero-order chi connectivity index (χ0) is 33.1. The molecule has 3 aliphatic rings. The predicted octanol–water partition coefficient (Wildman–Crippen LogP) is 8.22. The summed E-state index contributed by atoms with van der Waals surface area (Å²) < 4.78 is 0. The number of nitrogens with two attached hydrogens (primary N) is 1. The van der Waals surface area contributed by atoms with Crippen LogP contribution in [-0.4, -0.2) is 78.5 Å². The Labute approximate surface area is 310 Å². The van der Waals surface area contributed by atoms with Crippen molar-refractivity contribution in [2.24, 2.45) is 5.73 Å². The van der Waals surface area contributed by atoms with Crippen LogP contribution in [0, 0.1) is 6.92 Å². The van der Waals surface area contributed by atoms with E-state index in [1.165, 1.54) is 135 Å². The molecule has 294 valence electrons. The standard InChI is InChI=1S/C11H21N.C10H22N2.C10H20N2.2C2H4O2.2Cu.H2O/c1-2-10-12-11-8-6-4-3-5-7-9-11;2*11-8-9-12-10-6-4-2-1-3-5-7-10;2*1-2(3)4;;;/h11H,1-10H2;10,12H,1-9,11H2;10-11H,1-9H2;2*1H3,(H,3,4);;;1H2/q-2;;-2;;;;;. The third kappa shape index (κ3) is 50.2. The van der Waals surface area contributed by atoms with Gasteiger partial charge in [-0.05, 0) is 12.8 Å². The molecule has 0 aromatic heterocycles. The van der Waals surface area contributed by atoms with E-state index in [0.29, 0.717) is 18.6 Å². The van der Waals surface area contributed by atoms with Crippen molar-refractivity contribution < 1.29 is 59.4 Å². The van der Waals surface area contributed by atoms with Gasteiger partial charge in [-0.15, -0.1) is 12.1 Å². The molecule has 3 aliphatic carbocycles. The first-order valence-corrected chi connectivity index (χ1v) is 17.9. The first-order valence-electron chi connectivity index (χ1n) is 17.9. The minimum atomic E-state index is -0.833. The molecule has 3 rings (SSSR count). The van der Waals surface area contributed by atoms with Crippen LogP contribution in [0.1, 0.15) is 155 Å². The predicted molar refractivity (Wildman–Crippen MR) is 191 cm³/mol. The van der Waals surface area contributed by atoms with Crippen LogP contribution < -0.4 is 11.1 Å². The van der Waals surface area contributed by atoms with Gasteiger partial charge >= 0.3 is 0 Å². The Morgan fingerprint density at radius 3 is 1.28 bits per heavy atom. The molecule has 0 bridgehead atoms. The van der Waals surface area contributed by atoms with Gasteiger partial charge in [0.2, 0.25) is 0 Å². The molecule has 3 fully saturated rings. The summed E-state index contributed by atoms with van der Waals surface area (Å²) in [5, 5.41) is 27.5. The average Bonchev–Trinajstić information content (AvgIpc) is 2.92. The summed E-state index contributed by atoms with van der Waals surface area (Å²) in [6.45, 7) is 9.95. The molecule has 10 nitrogen and oxygen atoms in total. The Kier molecular flexibility index (Phi) is 54.6. The van der Waals surface area contributed by atoms with E-state index in [2.05, 4.69) is 22.9 Å². The number of nitrogens with one attached hydrogen (secondary N) is 2. The zero-order valence-corrected chi connectivity index (χ0v) is 31.7. The van der Waals surface area contributed by atoms with Crippen LogP contribution in [-0.2, 0) is 43.7 Å². The molecule has 3 saturated carbocycles. The van der Waals surface area contributed by atoms with Crippen molar-refractivity contribution in [1.29, 1.82) is 0 Å². The Hall–Kier alpha value is -0.261. The molecule has 2 radical (unpaired) electrons. The van der Waals surface area contributed by atoms with E-state index >= 15 is 0 Å². The molecule has 0 saturated heterocycles.